The minimum absolute atomic E-state index is 0.280. The molecule has 0 radical (unpaired) electrons. The average Bonchev–Trinajstić information content (AvgIpc) is 3.25. The Morgan fingerprint density at radius 1 is 1.14 bits per heavy atom. The molecule has 0 saturated heterocycles. The first kappa shape index (κ1) is 24.5. The normalized spacial score (nSPS) is 14.9. The Labute approximate surface area is 219 Å². The number of fused-ring (bicyclic) bond motifs is 2. The first-order valence-corrected chi connectivity index (χ1v) is 13.5. The third kappa shape index (κ3) is 4.75. The number of anilines is 1. The number of nitrogens with zero attached hydrogens (tertiary/aromatic N) is 1. The number of thiophene rings is 1. The second-order valence-corrected chi connectivity index (χ2v) is 10.5. The predicted molar refractivity (Wildman–Crippen MR) is 146 cm³/mol. The van der Waals surface area contributed by atoms with Crippen molar-refractivity contribution >= 4 is 50.7 Å². The fraction of sp³-hybridized carbons (Fsp3) is 0.276. The maximum Gasteiger partial charge on any atom is 0.341 e. The number of pyridine rings is 1. The maximum absolute atomic E-state index is 13.8. The van der Waals surface area contributed by atoms with Gasteiger partial charge in [-0.1, -0.05) is 55.3 Å². The fourth-order valence-electron chi connectivity index (χ4n) is 4.82. The highest BCUT2D eigenvalue weighted by Gasteiger charge is 2.30. The van der Waals surface area contributed by atoms with Crippen LogP contribution in [-0.4, -0.2) is 23.5 Å². The van der Waals surface area contributed by atoms with E-state index >= 15 is 0 Å². The number of esters is 1. The number of halogens is 1. The summed E-state index contributed by atoms with van der Waals surface area (Å²) in [5, 5.41) is 4.78. The summed E-state index contributed by atoms with van der Waals surface area (Å²) in [6.45, 7) is 4.27. The fourth-order valence-corrected chi connectivity index (χ4v) is 6.34. The Balaban J connectivity index is 1.59. The highest BCUT2D eigenvalue weighted by Crippen LogP contribution is 2.41. The van der Waals surface area contributed by atoms with Gasteiger partial charge in [0.1, 0.15) is 5.00 Å². The zero-order chi connectivity index (χ0) is 25.2. The molecule has 2 heterocycles. The lowest BCUT2D eigenvalue weighted by Gasteiger charge is -2.20. The van der Waals surface area contributed by atoms with Crippen molar-refractivity contribution < 1.29 is 14.3 Å². The van der Waals surface area contributed by atoms with Crippen LogP contribution in [0.15, 0.2) is 54.6 Å². The summed E-state index contributed by atoms with van der Waals surface area (Å²) < 4.78 is 5.39. The highest BCUT2D eigenvalue weighted by molar-refractivity contribution is 7.17. The number of carbonyl (C=O) groups excluding carboxylic acids is 2. The standard InChI is InChI=1S/C29H27ClN2O3S/c1-3-17-10-12-20-25(14-17)36-28(26(20)29(34)35-4-2)32-27(33)22-16-24(18-8-6-5-7-9-18)31-23-13-11-19(30)15-21(22)23/h5-9,11,13,15-17H,3-4,10,12,14H2,1-2H3,(H,32,33). The SMILES string of the molecule is CCOC(=O)c1c(NC(=O)c2cc(-c3ccccc3)nc3ccc(Cl)cc23)sc2c1CCC(CC)C2. The Morgan fingerprint density at radius 3 is 2.69 bits per heavy atom. The molecule has 5 nitrogen and oxygen atoms in total. The van der Waals surface area contributed by atoms with E-state index in [1.807, 2.05) is 36.4 Å². The molecule has 0 aliphatic heterocycles. The summed E-state index contributed by atoms with van der Waals surface area (Å²) >= 11 is 7.78. The maximum atomic E-state index is 13.8. The lowest BCUT2D eigenvalue weighted by atomic mass is 9.85. The quantitative estimate of drug-likeness (QED) is 0.267. The number of rotatable bonds is 6. The number of carbonyl (C=O) groups is 2. The van der Waals surface area contributed by atoms with E-state index in [0.717, 1.165) is 36.8 Å². The van der Waals surface area contributed by atoms with Gasteiger partial charge in [-0.3, -0.25) is 4.79 Å². The van der Waals surface area contributed by atoms with Crippen molar-refractivity contribution in [3.8, 4) is 11.3 Å². The van der Waals surface area contributed by atoms with Gasteiger partial charge in [-0.15, -0.1) is 11.3 Å². The minimum Gasteiger partial charge on any atom is -0.462 e. The van der Waals surface area contributed by atoms with E-state index in [1.165, 1.54) is 16.2 Å². The highest BCUT2D eigenvalue weighted by atomic mass is 35.5. The third-order valence-electron chi connectivity index (χ3n) is 6.74. The molecular formula is C29H27ClN2O3S. The number of hydrogen-bond acceptors (Lipinski definition) is 5. The van der Waals surface area contributed by atoms with Crippen LogP contribution in [0, 0.1) is 5.92 Å². The zero-order valence-electron chi connectivity index (χ0n) is 20.3. The van der Waals surface area contributed by atoms with Gasteiger partial charge in [0.15, 0.2) is 0 Å². The summed E-state index contributed by atoms with van der Waals surface area (Å²) in [4.78, 5) is 32.7. The Morgan fingerprint density at radius 2 is 1.94 bits per heavy atom. The van der Waals surface area contributed by atoms with Crippen molar-refractivity contribution in [2.24, 2.45) is 5.92 Å². The van der Waals surface area contributed by atoms with Crippen LogP contribution in [0.4, 0.5) is 5.00 Å². The van der Waals surface area contributed by atoms with Crippen molar-refractivity contribution in [1.82, 2.24) is 4.98 Å². The van der Waals surface area contributed by atoms with Crippen LogP contribution < -0.4 is 5.32 Å². The van der Waals surface area contributed by atoms with Crippen molar-refractivity contribution in [2.75, 3.05) is 11.9 Å². The van der Waals surface area contributed by atoms with Gasteiger partial charge in [0.05, 0.1) is 28.9 Å². The Kier molecular flexibility index (Phi) is 7.08. The molecule has 1 unspecified atom stereocenters. The summed E-state index contributed by atoms with van der Waals surface area (Å²) in [7, 11) is 0. The van der Waals surface area contributed by atoms with Gasteiger partial charge < -0.3 is 10.1 Å². The van der Waals surface area contributed by atoms with Gasteiger partial charge in [-0.2, -0.15) is 0 Å². The number of aromatic nitrogens is 1. The van der Waals surface area contributed by atoms with E-state index in [9.17, 15) is 9.59 Å². The van der Waals surface area contributed by atoms with Crippen molar-refractivity contribution in [2.45, 2.75) is 39.5 Å². The van der Waals surface area contributed by atoms with E-state index in [1.54, 1.807) is 25.1 Å². The van der Waals surface area contributed by atoms with E-state index in [4.69, 9.17) is 21.3 Å². The molecule has 0 bridgehead atoms. The Bertz CT molecular complexity index is 1450. The van der Waals surface area contributed by atoms with E-state index < -0.39 is 0 Å². The van der Waals surface area contributed by atoms with Gasteiger partial charge in [0.25, 0.3) is 5.91 Å². The molecule has 0 fully saturated rings. The molecule has 1 aliphatic carbocycles. The van der Waals surface area contributed by atoms with E-state index in [0.29, 0.717) is 43.7 Å². The van der Waals surface area contributed by atoms with Crippen LogP contribution in [0.3, 0.4) is 0 Å². The summed E-state index contributed by atoms with van der Waals surface area (Å²) in [5.74, 6) is -0.0969. The summed E-state index contributed by atoms with van der Waals surface area (Å²) in [5.41, 5.74) is 4.25. The third-order valence-corrected chi connectivity index (χ3v) is 8.14. The minimum atomic E-state index is -0.382. The number of nitrogens with one attached hydrogen (secondary N) is 1. The number of hydrogen-bond donors (Lipinski definition) is 1. The first-order chi connectivity index (χ1) is 17.5. The first-order valence-electron chi connectivity index (χ1n) is 12.3. The smallest absolute Gasteiger partial charge is 0.341 e. The largest absolute Gasteiger partial charge is 0.462 e. The lowest BCUT2D eigenvalue weighted by molar-refractivity contribution is 0.0526. The average molecular weight is 519 g/mol. The number of amides is 1. The van der Waals surface area contributed by atoms with Crippen molar-refractivity contribution in [3.05, 3.63) is 81.2 Å². The molecule has 0 saturated carbocycles. The van der Waals surface area contributed by atoms with Crippen LogP contribution in [0.5, 0.6) is 0 Å². The van der Waals surface area contributed by atoms with E-state index in [2.05, 4.69) is 12.2 Å². The van der Waals surface area contributed by atoms with Crippen LogP contribution in [-0.2, 0) is 17.6 Å². The molecule has 1 N–H and O–H groups in total. The molecule has 5 rings (SSSR count). The predicted octanol–water partition coefficient (Wildman–Crippen LogP) is 7.56. The van der Waals surface area contributed by atoms with Crippen LogP contribution >= 0.6 is 22.9 Å². The van der Waals surface area contributed by atoms with Gasteiger partial charge in [-0.05, 0) is 61.9 Å². The second kappa shape index (κ2) is 10.4. The molecule has 36 heavy (non-hydrogen) atoms. The molecule has 4 aromatic rings. The van der Waals surface area contributed by atoms with Gasteiger partial charge >= 0.3 is 5.97 Å². The van der Waals surface area contributed by atoms with Crippen LogP contribution in [0.1, 0.15) is 57.8 Å². The molecule has 2 aromatic heterocycles. The molecule has 184 valence electrons. The molecule has 2 aromatic carbocycles. The Hall–Kier alpha value is -3.22. The summed E-state index contributed by atoms with van der Waals surface area (Å²) in [6, 6.07) is 16.9. The molecule has 0 spiro atoms. The second-order valence-electron chi connectivity index (χ2n) is 8.98. The van der Waals surface area contributed by atoms with Gasteiger partial charge in [0.2, 0.25) is 0 Å². The molecule has 7 heteroatoms. The molecule has 1 atom stereocenters. The lowest BCUT2D eigenvalue weighted by Crippen LogP contribution is -2.17. The zero-order valence-corrected chi connectivity index (χ0v) is 21.8. The number of ether oxygens (including phenoxy) is 1. The van der Waals surface area contributed by atoms with Crippen LogP contribution in [0.2, 0.25) is 5.02 Å². The molecule has 1 amide bonds. The molecular weight excluding hydrogens is 492 g/mol. The van der Waals surface area contributed by atoms with Gasteiger partial charge in [-0.25, -0.2) is 9.78 Å². The topological polar surface area (TPSA) is 68.3 Å². The molecule has 1 aliphatic rings. The van der Waals surface area contributed by atoms with Crippen molar-refractivity contribution in [3.63, 3.8) is 0 Å². The monoisotopic (exact) mass is 518 g/mol. The van der Waals surface area contributed by atoms with Crippen LogP contribution in [0.25, 0.3) is 22.2 Å². The number of benzene rings is 2. The van der Waals surface area contributed by atoms with E-state index in [-0.39, 0.29) is 18.5 Å². The summed E-state index contributed by atoms with van der Waals surface area (Å²) in [6.07, 6.45) is 3.87. The van der Waals surface area contributed by atoms with Crippen molar-refractivity contribution in [1.29, 1.82) is 0 Å². The van der Waals surface area contributed by atoms with Gasteiger partial charge in [0, 0.05) is 20.8 Å².